The first-order valence-electron chi connectivity index (χ1n) is 4.53. The summed E-state index contributed by atoms with van der Waals surface area (Å²) >= 11 is 5.37. The van der Waals surface area contributed by atoms with Crippen LogP contribution in [-0.4, -0.2) is 17.0 Å². The number of carboxylic acids is 1. The summed E-state index contributed by atoms with van der Waals surface area (Å²) in [6, 6.07) is 2.55. The lowest BCUT2D eigenvalue weighted by Crippen LogP contribution is -2.08. The molecular weight excluding hydrogens is 257 g/mol. The molecule has 92 valence electrons. The highest BCUT2D eigenvalue weighted by atomic mass is 35.5. The van der Waals surface area contributed by atoms with Gasteiger partial charge in [0.2, 0.25) is 0 Å². The number of aromatic carboxylic acids is 1. The summed E-state index contributed by atoms with van der Waals surface area (Å²) in [6.07, 6.45) is -1.73. The average molecular weight is 265 g/mol. The number of rotatable bonds is 3. The number of carboxylic acid groups (broad SMARTS) is 1. The zero-order chi connectivity index (χ0) is 13.1. The summed E-state index contributed by atoms with van der Waals surface area (Å²) in [6.45, 7) is 0. The number of hydrogen-bond acceptors (Lipinski definition) is 1. The maximum Gasteiger partial charge on any atom is 0.416 e. The molecule has 0 heterocycles. The molecule has 0 aliphatic rings. The second kappa shape index (κ2) is 5.23. The first-order chi connectivity index (χ1) is 7.86. The van der Waals surface area contributed by atoms with E-state index in [2.05, 4.69) is 0 Å². The molecule has 2 nitrogen and oxygen atoms in total. The van der Waals surface area contributed by atoms with Gasteiger partial charge >= 0.3 is 12.1 Å². The lowest BCUT2D eigenvalue weighted by Gasteiger charge is -2.09. The van der Waals surface area contributed by atoms with Crippen LogP contribution >= 0.6 is 11.6 Å². The normalized spacial score (nSPS) is 12.0. The van der Waals surface area contributed by atoms with Gasteiger partial charge in [0.1, 0.15) is 0 Å². The predicted molar refractivity (Wildman–Crippen MR) is 58.2 cm³/mol. The van der Waals surface area contributed by atoms with Crippen LogP contribution in [0.25, 0.3) is 6.08 Å². The fourth-order valence-corrected chi connectivity index (χ4v) is 1.32. The smallest absolute Gasteiger partial charge is 0.416 e. The van der Waals surface area contributed by atoms with Crippen molar-refractivity contribution in [2.24, 2.45) is 0 Å². The van der Waals surface area contributed by atoms with E-state index in [0.717, 1.165) is 12.1 Å². The molecule has 0 amide bonds. The molecule has 0 atom stereocenters. The lowest BCUT2D eigenvalue weighted by atomic mass is 10.0. The van der Waals surface area contributed by atoms with Gasteiger partial charge in [0.05, 0.1) is 11.1 Å². The van der Waals surface area contributed by atoms with Crippen LogP contribution in [0.1, 0.15) is 21.5 Å². The quantitative estimate of drug-likeness (QED) is 0.846. The highest BCUT2D eigenvalue weighted by Crippen LogP contribution is 2.30. The predicted octanol–water partition coefficient (Wildman–Crippen LogP) is 3.66. The Hall–Kier alpha value is -1.49. The second-order valence-corrected chi connectivity index (χ2v) is 3.47. The van der Waals surface area contributed by atoms with Crippen LogP contribution in [0.15, 0.2) is 24.3 Å². The molecule has 0 aliphatic heterocycles. The molecule has 0 saturated heterocycles. The zero-order valence-corrected chi connectivity index (χ0v) is 9.22. The third-order valence-corrected chi connectivity index (χ3v) is 2.18. The lowest BCUT2D eigenvalue weighted by molar-refractivity contribution is -0.137. The van der Waals surface area contributed by atoms with Crippen LogP contribution in [0.3, 0.4) is 0 Å². The Balaban J connectivity index is 3.27. The summed E-state index contributed by atoms with van der Waals surface area (Å²) in [4.78, 5) is 10.8. The Morgan fingerprint density at radius 2 is 2.06 bits per heavy atom. The van der Waals surface area contributed by atoms with E-state index in [1.165, 1.54) is 12.2 Å². The number of benzene rings is 1. The summed E-state index contributed by atoms with van der Waals surface area (Å²) in [5.74, 6) is -1.26. The van der Waals surface area contributed by atoms with Gasteiger partial charge in [-0.1, -0.05) is 18.2 Å². The first kappa shape index (κ1) is 13.6. The topological polar surface area (TPSA) is 37.3 Å². The standard InChI is InChI=1S/C11H8ClF3O2/c12-5-1-2-7-3-4-8(11(13,14)15)6-9(7)10(16)17/h1-4,6H,5H2,(H,16,17). The number of halogens is 4. The molecule has 6 heteroatoms. The van der Waals surface area contributed by atoms with Crippen molar-refractivity contribution in [2.75, 3.05) is 5.88 Å². The molecule has 0 bridgehead atoms. The van der Waals surface area contributed by atoms with Crippen LogP contribution in [0.2, 0.25) is 0 Å². The van der Waals surface area contributed by atoms with Crippen LogP contribution in [0.5, 0.6) is 0 Å². The van der Waals surface area contributed by atoms with E-state index in [9.17, 15) is 18.0 Å². The van der Waals surface area contributed by atoms with Crippen molar-refractivity contribution >= 4 is 23.6 Å². The van der Waals surface area contributed by atoms with Crippen LogP contribution in [0, 0.1) is 0 Å². The van der Waals surface area contributed by atoms with Gasteiger partial charge in [0, 0.05) is 5.88 Å². The summed E-state index contributed by atoms with van der Waals surface area (Å²) in [7, 11) is 0. The Morgan fingerprint density at radius 1 is 1.41 bits per heavy atom. The minimum absolute atomic E-state index is 0.153. The molecule has 1 aromatic carbocycles. The van der Waals surface area contributed by atoms with Gasteiger partial charge in [0.15, 0.2) is 0 Å². The first-order valence-corrected chi connectivity index (χ1v) is 5.06. The van der Waals surface area contributed by atoms with E-state index >= 15 is 0 Å². The van der Waals surface area contributed by atoms with Crippen molar-refractivity contribution in [2.45, 2.75) is 6.18 Å². The third-order valence-electron chi connectivity index (χ3n) is 2.00. The number of alkyl halides is 4. The molecule has 0 aliphatic carbocycles. The average Bonchev–Trinajstić information content (AvgIpc) is 2.24. The van der Waals surface area contributed by atoms with Gasteiger partial charge in [-0.05, 0) is 17.7 Å². The van der Waals surface area contributed by atoms with E-state index in [0.29, 0.717) is 6.07 Å². The van der Waals surface area contributed by atoms with Gasteiger partial charge in [0.25, 0.3) is 0 Å². The van der Waals surface area contributed by atoms with E-state index in [1.54, 1.807) is 0 Å². The fourth-order valence-electron chi connectivity index (χ4n) is 1.23. The van der Waals surface area contributed by atoms with E-state index in [4.69, 9.17) is 16.7 Å². The molecule has 0 saturated carbocycles. The molecule has 0 spiro atoms. The molecule has 0 unspecified atom stereocenters. The molecule has 0 fully saturated rings. The maximum absolute atomic E-state index is 12.4. The van der Waals surface area contributed by atoms with Crippen LogP contribution < -0.4 is 0 Å². The Labute approximate surface area is 100 Å². The number of allylic oxidation sites excluding steroid dienone is 1. The van der Waals surface area contributed by atoms with Gasteiger partial charge in [-0.25, -0.2) is 4.79 Å². The van der Waals surface area contributed by atoms with Crippen molar-refractivity contribution in [1.29, 1.82) is 0 Å². The minimum Gasteiger partial charge on any atom is -0.478 e. The molecule has 1 aromatic rings. The van der Waals surface area contributed by atoms with E-state index in [-0.39, 0.29) is 11.4 Å². The molecule has 0 radical (unpaired) electrons. The van der Waals surface area contributed by atoms with Crippen molar-refractivity contribution in [1.82, 2.24) is 0 Å². The Morgan fingerprint density at radius 3 is 2.53 bits per heavy atom. The van der Waals surface area contributed by atoms with Crippen molar-refractivity contribution < 1.29 is 23.1 Å². The minimum atomic E-state index is -4.56. The molecule has 0 aromatic heterocycles. The van der Waals surface area contributed by atoms with Gasteiger partial charge < -0.3 is 5.11 Å². The van der Waals surface area contributed by atoms with Gasteiger partial charge in [-0.3, -0.25) is 0 Å². The highest BCUT2D eigenvalue weighted by Gasteiger charge is 2.31. The molecule has 1 rings (SSSR count). The van der Waals surface area contributed by atoms with Gasteiger partial charge in [-0.15, -0.1) is 11.6 Å². The highest BCUT2D eigenvalue weighted by molar-refractivity contribution is 6.19. The van der Waals surface area contributed by atoms with Crippen LogP contribution in [0.4, 0.5) is 13.2 Å². The monoisotopic (exact) mass is 264 g/mol. The van der Waals surface area contributed by atoms with Crippen LogP contribution in [-0.2, 0) is 6.18 Å². The summed E-state index contributed by atoms with van der Waals surface area (Å²) in [5, 5.41) is 8.82. The van der Waals surface area contributed by atoms with Gasteiger partial charge in [-0.2, -0.15) is 13.2 Å². The second-order valence-electron chi connectivity index (χ2n) is 3.16. The van der Waals surface area contributed by atoms with E-state index < -0.39 is 23.3 Å². The van der Waals surface area contributed by atoms with Crippen molar-refractivity contribution in [3.63, 3.8) is 0 Å². The molecule has 17 heavy (non-hydrogen) atoms. The summed E-state index contributed by atoms with van der Waals surface area (Å²) in [5.41, 5.74) is -1.20. The third kappa shape index (κ3) is 3.49. The SMILES string of the molecule is O=C(O)c1cc(C(F)(F)F)ccc1C=CCCl. The van der Waals surface area contributed by atoms with Crippen molar-refractivity contribution in [3.8, 4) is 0 Å². The Bertz CT molecular complexity index is 453. The van der Waals surface area contributed by atoms with Crippen molar-refractivity contribution in [3.05, 3.63) is 41.0 Å². The Kier molecular flexibility index (Phi) is 4.17. The molecule has 1 N–H and O–H groups in total. The molecular formula is C11H8ClF3O2. The maximum atomic E-state index is 12.4. The zero-order valence-electron chi connectivity index (χ0n) is 8.46. The number of hydrogen-bond donors (Lipinski definition) is 1. The summed E-state index contributed by atoms with van der Waals surface area (Å²) < 4.78 is 37.1. The largest absolute Gasteiger partial charge is 0.478 e. The van der Waals surface area contributed by atoms with E-state index in [1.807, 2.05) is 0 Å². The fraction of sp³-hybridized carbons (Fsp3) is 0.182. The number of carbonyl (C=O) groups is 1.